The zero-order valence-corrected chi connectivity index (χ0v) is 37.2. The zero-order valence-electron chi connectivity index (χ0n) is 37.2. The van der Waals surface area contributed by atoms with E-state index in [1.807, 2.05) is 0 Å². The molecular weight excluding hydrogens is 817 g/mol. The Kier molecular flexibility index (Phi) is 8.69. The molecule has 14 rings (SSSR count). The van der Waals surface area contributed by atoms with Gasteiger partial charge < -0.3 is 0 Å². The first kappa shape index (κ1) is 38.4. The van der Waals surface area contributed by atoms with Crippen LogP contribution in [-0.2, 0) is 0 Å². The monoisotopic (exact) mass is 858 g/mol. The molecule has 0 radical (unpaired) electrons. The first-order chi connectivity index (χ1) is 33.7. The molecule has 0 fully saturated rings. The first-order valence-corrected chi connectivity index (χ1v) is 23.7. The third kappa shape index (κ3) is 5.94. The van der Waals surface area contributed by atoms with Crippen molar-refractivity contribution in [1.29, 1.82) is 0 Å². The normalized spacial score (nSPS) is 11.8. The summed E-state index contributed by atoms with van der Waals surface area (Å²) < 4.78 is 0. The third-order valence-electron chi connectivity index (χ3n) is 14.6. The van der Waals surface area contributed by atoms with Crippen LogP contribution in [-0.4, -0.2) is 0 Å². The molecule has 0 heterocycles. The Labute approximate surface area is 395 Å². The number of rotatable bonds is 7. The van der Waals surface area contributed by atoms with E-state index in [0.29, 0.717) is 0 Å². The Morgan fingerprint density at radius 2 is 0.559 bits per heavy atom. The fourth-order valence-electron chi connectivity index (χ4n) is 11.6. The molecule has 0 nitrogen and oxygen atoms in total. The maximum atomic E-state index is 2.45. The molecule has 0 N–H and O–H groups in total. The molecule has 0 aliphatic carbocycles. The molecule has 0 bridgehead atoms. The summed E-state index contributed by atoms with van der Waals surface area (Å²) in [6.45, 7) is 0. The molecule has 0 aliphatic heterocycles. The lowest BCUT2D eigenvalue weighted by atomic mass is 9.80. The molecule has 14 aromatic carbocycles. The standard InChI is InChI=1S/C68H42/c1-4-14-43(15-5-1)44-28-30-50(31-29-44)65-53(45-16-6-2-7-17-45)24-12-26-56(65)57-27-13-25-54(46-18-8-3-9-19-46)67(57)59-40-41-61-62(42-52-23-11-22-49-36-39-60(59)68(61)64(49)52)55-37-34-51-33-32-47-20-10-21-48-35-38-58(55)66(51)63(47)48/h1-42H. The quantitative estimate of drug-likeness (QED) is 0.140. The molecule has 0 spiro atoms. The predicted octanol–water partition coefficient (Wildman–Crippen LogP) is 19.2. The fraction of sp³-hybridized carbons (Fsp3) is 0. The largest absolute Gasteiger partial charge is 0.0622 e. The van der Waals surface area contributed by atoms with Crippen LogP contribution in [0.25, 0.3) is 143 Å². The molecule has 0 saturated carbocycles. The van der Waals surface area contributed by atoms with Crippen LogP contribution < -0.4 is 0 Å². The van der Waals surface area contributed by atoms with E-state index in [-0.39, 0.29) is 0 Å². The van der Waals surface area contributed by atoms with Crippen molar-refractivity contribution in [3.8, 4) is 77.9 Å². The lowest BCUT2D eigenvalue weighted by Gasteiger charge is -2.23. The molecular formula is C68H42. The highest BCUT2D eigenvalue weighted by atomic mass is 14.3. The van der Waals surface area contributed by atoms with Gasteiger partial charge in [-0.15, -0.1) is 0 Å². The highest BCUT2D eigenvalue weighted by Gasteiger charge is 2.24. The minimum atomic E-state index is 1.18. The van der Waals surface area contributed by atoms with Crippen molar-refractivity contribution in [1.82, 2.24) is 0 Å². The third-order valence-corrected chi connectivity index (χ3v) is 14.6. The minimum Gasteiger partial charge on any atom is -0.0622 e. The SMILES string of the molecule is c1ccc(-c2ccc(-c3c(-c4ccccc4)cccc3-c3cccc(-c4ccccc4)c3-c3ccc4c(-c5ccc6ccc7cccc8ccc5c6c78)cc5cccc6ccc3c4c65)cc2)cc1. The summed E-state index contributed by atoms with van der Waals surface area (Å²) in [5.74, 6) is 0. The van der Waals surface area contributed by atoms with Crippen molar-refractivity contribution in [3.63, 3.8) is 0 Å². The molecule has 0 heteroatoms. The molecule has 0 saturated heterocycles. The van der Waals surface area contributed by atoms with Gasteiger partial charge in [-0.05, 0) is 149 Å². The van der Waals surface area contributed by atoms with Gasteiger partial charge in [-0.2, -0.15) is 0 Å². The van der Waals surface area contributed by atoms with E-state index in [2.05, 4.69) is 255 Å². The lowest BCUT2D eigenvalue weighted by Crippen LogP contribution is -1.96. The van der Waals surface area contributed by atoms with Crippen molar-refractivity contribution >= 4 is 64.6 Å². The van der Waals surface area contributed by atoms with Gasteiger partial charge in [-0.1, -0.05) is 249 Å². The Morgan fingerprint density at radius 3 is 1.19 bits per heavy atom. The zero-order chi connectivity index (χ0) is 44.7. The second-order valence-electron chi connectivity index (χ2n) is 18.3. The molecule has 0 amide bonds. The van der Waals surface area contributed by atoms with Gasteiger partial charge in [0, 0.05) is 0 Å². The van der Waals surface area contributed by atoms with E-state index in [0.717, 1.165) is 0 Å². The van der Waals surface area contributed by atoms with Crippen LogP contribution in [0.3, 0.4) is 0 Å². The Balaban J connectivity index is 1.06. The van der Waals surface area contributed by atoms with Gasteiger partial charge in [0.05, 0.1) is 0 Å². The van der Waals surface area contributed by atoms with Crippen molar-refractivity contribution in [2.75, 3.05) is 0 Å². The molecule has 0 aromatic heterocycles. The van der Waals surface area contributed by atoms with Gasteiger partial charge in [0.2, 0.25) is 0 Å². The van der Waals surface area contributed by atoms with Gasteiger partial charge in [-0.3, -0.25) is 0 Å². The van der Waals surface area contributed by atoms with Crippen LogP contribution >= 0.6 is 0 Å². The first-order valence-electron chi connectivity index (χ1n) is 23.7. The van der Waals surface area contributed by atoms with Crippen molar-refractivity contribution in [2.24, 2.45) is 0 Å². The highest BCUT2D eigenvalue weighted by Crippen LogP contribution is 2.51. The minimum absolute atomic E-state index is 1.18. The van der Waals surface area contributed by atoms with E-state index < -0.39 is 0 Å². The molecule has 68 heavy (non-hydrogen) atoms. The van der Waals surface area contributed by atoms with E-state index in [4.69, 9.17) is 0 Å². The van der Waals surface area contributed by atoms with E-state index in [1.165, 1.54) is 143 Å². The van der Waals surface area contributed by atoms with Gasteiger partial charge in [0.15, 0.2) is 0 Å². The summed E-state index contributed by atoms with van der Waals surface area (Å²) in [6, 6.07) is 94.8. The summed E-state index contributed by atoms with van der Waals surface area (Å²) in [5.41, 5.74) is 17.0. The summed E-state index contributed by atoms with van der Waals surface area (Å²) in [6.07, 6.45) is 0. The topological polar surface area (TPSA) is 0 Å². The summed E-state index contributed by atoms with van der Waals surface area (Å²) in [7, 11) is 0. The van der Waals surface area contributed by atoms with Gasteiger partial charge in [0.1, 0.15) is 0 Å². The highest BCUT2D eigenvalue weighted by molar-refractivity contribution is 6.32. The second-order valence-corrected chi connectivity index (χ2v) is 18.3. The molecule has 314 valence electrons. The smallest absolute Gasteiger partial charge is 0.00143 e. The average Bonchev–Trinajstić information content (AvgIpc) is 3.42. The molecule has 0 unspecified atom stereocenters. The Morgan fingerprint density at radius 1 is 0.162 bits per heavy atom. The van der Waals surface area contributed by atoms with Crippen molar-refractivity contribution in [3.05, 3.63) is 255 Å². The van der Waals surface area contributed by atoms with Crippen LogP contribution in [0.1, 0.15) is 0 Å². The van der Waals surface area contributed by atoms with Crippen molar-refractivity contribution in [2.45, 2.75) is 0 Å². The van der Waals surface area contributed by atoms with Crippen LogP contribution in [0, 0.1) is 0 Å². The molecule has 0 atom stereocenters. The summed E-state index contributed by atoms with van der Waals surface area (Å²) >= 11 is 0. The van der Waals surface area contributed by atoms with E-state index in [1.54, 1.807) is 0 Å². The lowest BCUT2D eigenvalue weighted by molar-refractivity contribution is 1.54. The van der Waals surface area contributed by atoms with Gasteiger partial charge in [-0.25, -0.2) is 0 Å². The molecule has 0 aliphatic rings. The number of hydrogen-bond donors (Lipinski definition) is 0. The number of hydrogen-bond acceptors (Lipinski definition) is 0. The molecule has 14 aromatic rings. The van der Waals surface area contributed by atoms with Crippen LogP contribution in [0.2, 0.25) is 0 Å². The van der Waals surface area contributed by atoms with E-state index >= 15 is 0 Å². The van der Waals surface area contributed by atoms with Crippen LogP contribution in [0.4, 0.5) is 0 Å². The average molecular weight is 859 g/mol. The van der Waals surface area contributed by atoms with Gasteiger partial charge >= 0.3 is 0 Å². The summed E-state index contributed by atoms with van der Waals surface area (Å²) in [5, 5.41) is 15.5. The maximum absolute atomic E-state index is 2.45. The fourth-order valence-corrected chi connectivity index (χ4v) is 11.6. The second kappa shape index (κ2) is 15.4. The predicted molar refractivity (Wildman–Crippen MR) is 292 cm³/mol. The van der Waals surface area contributed by atoms with Gasteiger partial charge in [0.25, 0.3) is 0 Å². The van der Waals surface area contributed by atoms with Crippen molar-refractivity contribution < 1.29 is 0 Å². The summed E-state index contributed by atoms with van der Waals surface area (Å²) in [4.78, 5) is 0. The Hall–Kier alpha value is -8.84. The number of benzene rings is 14. The van der Waals surface area contributed by atoms with E-state index in [9.17, 15) is 0 Å². The maximum Gasteiger partial charge on any atom is -0.00143 e. The van der Waals surface area contributed by atoms with Crippen LogP contribution in [0.15, 0.2) is 255 Å². The van der Waals surface area contributed by atoms with Crippen LogP contribution in [0.5, 0.6) is 0 Å². The Bertz CT molecular complexity index is 4190.